The molecule has 0 saturated heterocycles. The summed E-state index contributed by atoms with van der Waals surface area (Å²) in [6.45, 7) is 6.45. The summed E-state index contributed by atoms with van der Waals surface area (Å²) in [5.41, 5.74) is 6.44. The Morgan fingerprint density at radius 3 is 2.35 bits per heavy atom. The van der Waals surface area contributed by atoms with Crippen LogP contribution >= 0.6 is 15.9 Å². The molecule has 20 heavy (non-hydrogen) atoms. The van der Waals surface area contributed by atoms with Crippen LogP contribution in [0.25, 0.3) is 0 Å². The minimum absolute atomic E-state index is 0.0870. The molecule has 0 aromatic heterocycles. The van der Waals surface area contributed by atoms with Gasteiger partial charge in [0.05, 0.1) is 4.90 Å². The lowest BCUT2D eigenvalue weighted by Gasteiger charge is -2.22. The standard InChI is InChI=1S/C14H23BrN2O2S/c1-4-12(5-2)10(3)17-20(18,19)14-7-6-11(9-16)8-13(14)15/h6-8,10,12,17H,4-5,9,16H2,1-3H3. The molecule has 6 heteroatoms. The predicted octanol–water partition coefficient (Wildman–Crippen LogP) is 3.01. The molecule has 4 nitrogen and oxygen atoms in total. The number of nitrogens with one attached hydrogen (secondary N) is 1. The number of benzene rings is 1. The highest BCUT2D eigenvalue weighted by atomic mass is 79.9. The van der Waals surface area contributed by atoms with E-state index in [9.17, 15) is 8.42 Å². The van der Waals surface area contributed by atoms with Gasteiger partial charge in [0.25, 0.3) is 0 Å². The highest BCUT2D eigenvalue weighted by Crippen LogP contribution is 2.24. The van der Waals surface area contributed by atoms with Crippen LogP contribution in [0.15, 0.2) is 27.6 Å². The molecule has 1 aromatic rings. The highest BCUT2D eigenvalue weighted by molar-refractivity contribution is 9.10. The van der Waals surface area contributed by atoms with E-state index in [1.165, 1.54) is 0 Å². The number of hydrogen-bond acceptors (Lipinski definition) is 3. The summed E-state index contributed by atoms with van der Waals surface area (Å²) in [4.78, 5) is 0.257. The number of nitrogens with two attached hydrogens (primary N) is 1. The van der Waals surface area contributed by atoms with E-state index in [0.717, 1.165) is 18.4 Å². The molecular formula is C14H23BrN2O2S. The number of sulfonamides is 1. The van der Waals surface area contributed by atoms with Crippen LogP contribution in [0.3, 0.4) is 0 Å². The lowest BCUT2D eigenvalue weighted by molar-refractivity contribution is 0.390. The van der Waals surface area contributed by atoms with E-state index < -0.39 is 10.0 Å². The third-order valence-electron chi connectivity index (χ3n) is 3.62. The average Bonchev–Trinajstić information content (AvgIpc) is 2.38. The van der Waals surface area contributed by atoms with Crippen molar-refractivity contribution in [3.05, 3.63) is 28.2 Å². The summed E-state index contributed by atoms with van der Waals surface area (Å²) in [6.07, 6.45) is 1.90. The minimum atomic E-state index is -3.52. The van der Waals surface area contributed by atoms with E-state index in [1.54, 1.807) is 18.2 Å². The van der Waals surface area contributed by atoms with E-state index >= 15 is 0 Å². The monoisotopic (exact) mass is 362 g/mol. The van der Waals surface area contributed by atoms with E-state index in [2.05, 4.69) is 34.5 Å². The van der Waals surface area contributed by atoms with Crippen molar-refractivity contribution in [1.82, 2.24) is 4.72 Å². The minimum Gasteiger partial charge on any atom is -0.326 e. The third kappa shape index (κ3) is 4.28. The molecule has 0 heterocycles. The smallest absolute Gasteiger partial charge is 0.241 e. The van der Waals surface area contributed by atoms with Crippen molar-refractivity contribution in [1.29, 1.82) is 0 Å². The van der Waals surface area contributed by atoms with Crippen LogP contribution in [0, 0.1) is 5.92 Å². The molecule has 0 fully saturated rings. The first-order chi connectivity index (χ1) is 9.35. The van der Waals surface area contributed by atoms with E-state index in [1.807, 2.05) is 6.92 Å². The van der Waals surface area contributed by atoms with Gasteiger partial charge in [0.15, 0.2) is 0 Å². The average molecular weight is 363 g/mol. The largest absolute Gasteiger partial charge is 0.326 e. The molecule has 3 N–H and O–H groups in total. The summed E-state index contributed by atoms with van der Waals surface area (Å²) in [5.74, 6) is 0.340. The van der Waals surface area contributed by atoms with E-state index in [0.29, 0.717) is 16.9 Å². The Morgan fingerprint density at radius 2 is 1.90 bits per heavy atom. The molecule has 0 aliphatic rings. The van der Waals surface area contributed by atoms with Gasteiger partial charge in [-0.3, -0.25) is 0 Å². The molecule has 1 atom stereocenters. The molecule has 0 radical (unpaired) electrons. The topological polar surface area (TPSA) is 72.2 Å². The zero-order chi connectivity index (χ0) is 15.3. The van der Waals surface area contributed by atoms with E-state index in [4.69, 9.17) is 5.73 Å². The second-order valence-corrected chi connectivity index (χ2v) is 7.49. The van der Waals surface area contributed by atoms with Crippen LogP contribution in [-0.2, 0) is 16.6 Å². The Bertz CT molecular complexity index is 542. The molecular weight excluding hydrogens is 340 g/mol. The van der Waals surface area contributed by atoms with Gasteiger partial charge in [-0.25, -0.2) is 13.1 Å². The van der Waals surface area contributed by atoms with E-state index in [-0.39, 0.29) is 10.9 Å². The summed E-state index contributed by atoms with van der Waals surface area (Å²) < 4.78 is 28.2. The number of halogens is 1. The first-order valence-electron chi connectivity index (χ1n) is 6.86. The fourth-order valence-electron chi connectivity index (χ4n) is 2.29. The van der Waals surface area contributed by atoms with Gasteiger partial charge >= 0.3 is 0 Å². The number of hydrogen-bond donors (Lipinski definition) is 2. The molecule has 1 rings (SSSR count). The van der Waals surface area contributed by atoms with Gasteiger partial charge in [-0.15, -0.1) is 0 Å². The Kier molecular flexibility index (Phi) is 6.64. The molecule has 0 amide bonds. The van der Waals surface area contributed by atoms with Crippen molar-refractivity contribution in [3.8, 4) is 0 Å². The summed E-state index contributed by atoms with van der Waals surface area (Å²) >= 11 is 3.31. The lowest BCUT2D eigenvalue weighted by Crippen LogP contribution is -2.37. The van der Waals surface area contributed by atoms with Crippen molar-refractivity contribution in [2.45, 2.75) is 51.1 Å². The second kappa shape index (κ2) is 7.54. The SMILES string of the molecule is CCC(CC)C(C)NS(=O)(=O)c1ccc(CN)cc1Br. The van der Waals surface area contributed by atoms with Crippen molar-refractivity contribution >= 4 is 26.0 Å². The first-order valence-corrected chi connectivity index (χ1v) is 9.14. The maximum atomic E-state index is 12.4. The van der Waals surface area contributed by atoms with Gasteiger partial charge in [0, 0.05) is 17.1 Å². The molecule has 0 spiro atoms. The van der Waals surface area contributed by atoms with Crippen molar-refractivity contribution in [3.63, 3.8) is 0 Å². The highest BCUT2D eigenvalue weighted by Gasteiger charge is 2.23. The molecule has 0 bridgehead atoms. The summed E-state index contributed by atoms with van der Waals surface area (Å²) in [6, 6.07) is 4.99. The van der Waals surface area contributed by atoms with Crippen LogP contribution in [0.5, 0.6) is 0 Å². The van der Waals surface area contributed by atoms with Gasteiger partial charge in [-0.1, -0.05) is 32.8 Å². The van der Waals surface area contributed by atoms with Gasteiger partial charge in [0.1, 0.15) is 0 Å². The Hall–Kier alpha value is -0.430. The van der Waals surface area contributed by atoms with Gasteiger partial charge in [-0.05, 0) is 46.5 Å². The second-order valence-electron chi connectivity index (χ2n) is 4.96. The first kappa shape index (κ1) is 17.6. The zero-order valence-electron chi connectivity index (χ0n) is 12.2. The maximum Gasteiger partial charge on any atom is 0.241 e. The van der Waals surface area contributed by atoms with Crippen molar-refractivity contribution in [2.24, 2.45) is 11.7 Å². The van der Waals surface area contributed by atoms with Gasteiger partial charge in [-0.2, -0.15) is 0 Å². The Balaban J connectivity index is 2.99. The quantitative estimate of drug-likeness (QED) is 0.782. The van der Waals surface area contributed by atoms with Crippen LogP contribution in [0.4, 0.5) is 0 Å². The molecule has 0 aliphatic heterocycles. The maximum absolute atomic E-state index is 12.4. The summed E-state index contributed by atoms with van der Waals surface area (Å²) in [5, 5.41) is 0. The Morgan fingerprint density at radius 1 is 1.30 bits per heavy atom. The van der Waals surface area contributed by atoms with Crippen molar-refractivity contribution < 1.29 is 8.42 Å². The number of rotatable bonds is 7. The van der Waals surface area contributed by atoms with Crippen LogP contribution in [-0.4, -0.2) is 14.5 Å². The van der Waals surface area contributed by atoms with Gasteiger partial charge < -0.3 is 5.73 Å². The molecule has 1 unspecified atom stereocenters. The molecule has 0 saturated carbocycles. The van der Waals surface area contributed by atoms with Crippen LogP contribution < -0.4 is 10.5 Å². The zero-order valence-corrected chi connectivity index (χ0v) is 14.6. The van der Waals surface area contributed by atoms with Crippen molar-refractivity contribution in [2.75, 3.05) is 0 Å². The Labute approximate surface area is 130 Å². The fraction of sp³-hybridized carbons (Fsp3) is 0.571. The molecule has 1 aromatic carbocycles. The van der Waals surface area contributed by atoms with Crippen LogP contribution in [0.2, 0.25) is 0 Å². The molecule has 114 valence electrons. The lowest BCUT2D eigenvalue weighted by atomic mass is 9.96. The van der Waals surface area contributed by atoms with Gasteiger partial charge in [0.2, 0.25) is 10.0 Å². The summed E-state index contributed by atoms with van der Waals surface area (Å²) in [7, 11) is -3.52. The predicted molar refractivity (Wildman–Crippen MR) is 85.9 cm³/mol. The molecule has 0 aliphatic carbocycles. The fourth-order valence-corrected chi connectivity index (χ4v) is 4.73. The third-order valence-corrected chi connectivity index (χ3v) is 6.15. The normalized spacial score (nSPS) is 13.7. The van der Waals surface area contributed by atoms with Crippen LogP contribution in [0.1, 0.15) is 39.2 Å².